The molecule has 0 radical (unpaired) electrons. The van der Waals surface area contributed by atoms with Gasteiger partial charge >= 0.3 is 0 Å². The Balaban J connectivity index is 0.00000108. The zero-order valence-corrected chi connectivity index (χ0v) is 10.7. The van der Waals surface area contributed by atoms with Gasteiger partial charge in [0.25, 0.3) is 0 Å². The minimum atomic E-state index is -0.260. The van der Waals surface area contributed by atoms with Gasteiger partial charge in [-0.15, -0.1) is 12.4 Å². The zero-order chi connectivity index (χ0) is 11.2. The molecule has 1 saturated carbocycles. The normalized spacial score (nSPS) is 34.7. The molecule has 3 heteroatoms. The van der Waals surface area contributed by atoms with Gasteiger partial charge in [-0.3, -0.25) is 0 Å². The highest BCUT2D eigenvalue weighted by molar-refractivity contribution is 5.85. The molecular formula is C14H20ClNO. The van der Waals surface area contributed by atoms with E-state index in [1.54, 1.807) is 0 Å². The van der Waals surface area contributed by atoms with Crippen LogP contribution >= 0.6 is 12.4 Å². The molecule has 0 aliphatic heterocycles. The minimum absolute atomic E-state index is 0. The first kappa shape index (κ1) is 12.9. The topological polar surface area (TPSA) is 46.2 Å². The molecule has 1 aromatic carbocycles. The lowest BCUT2D eigenvalue weighted by molar-refractivity contribution is 0.0704. The smallest absolute Gasteiger partial charge is 0.0494 e. The Morgan fingerprint density at radius 1 is 1.29 bits per heavy atom. The highest BCUT2D eigenvalue weighted by atomic mass is 35.5. The highest BCUT2D eigenvalue weighted by Gasteiger charge is 2.50. The summed E-state index contributed by atoms with van der Waals surface area (Å²) in [6.07, 6.45) is 4.59. The number of benzene rings is 1. The van der Waals surface area contributed by atoms with Gasteiger partial charge < -0.3 is 10.8 Å². The molecular weight excluding hydrogens is 234 g/mol. The fourth-order valence-electron chi connectivity index (χ4n) is 3.76. The minimum Gasteiger partial charge on any atom is -0.396 e. The molecule has 0 heterocycles. The van der Waals surface area contributed by atoms with Gasteiger partial charge in [-0.05, 0) is 36.3 Å². The molecule has 3 unspecified atom stereocenters. The predicted octanol–water partition coefficient (Wildman–Crippen LogP) is 2.23. The van der Waals surface area contributed by atoms with Gasteiger partial charge in [0.2, 0.25) is 0 Å². The summed E-state index contributed by atoms with van der Waals surface area (Å²) in [5.41, 5.74) is 9.10. The van der Waals surface area contributed by atoms with Gasteiger partial charge in [-0.2, -0.15) is 0 Å². The molecule has 17 heavy (non-hydrogen) atoms. The van der Waals surface area contributed by atoms with E-state index in [1.165, 1.54) is 24.0 Å². The molecule has 1 aromatic rings. The monoisotopic (exact) mass is 253 g/mol. The first-order valence-electron chi connectivity index (χ1n) is 6.25. The van der Waals surface area contributed by atoms with Crippen LogP contribution in [0.1, 0.15) is 30.4 Å². The third-order valence-corrected chi connectivity index (χ3v) is 4.63. The second kappa shape index (κ2) is 4.60. The summed E-state index contributed by atoms with van der Waals surface area (Å²) in [6.45, 7) is 0.224. The van der Waals surface area contributed by atoms with Crippen molar-refractivity contribution in [3.05, 3.63) is 35.4 Å². The van der Waals surface area contributed by atoms with Crippen LogP contribution in [-0.4, -0.2) is 11.7 Å². The van der Waals surface area contributed by atoms with Gasteiger partial charge in [-0.25, -0.2) is 0 Å². The number of rotatable bonds is 1. The van der Waals surface area contributed by atoms with Crippen LogP contribution in [-0.2, 0) is 12.0 Å². The fraction of sp³-hybridized carbons (Fsp3) is 0.571. The Hall–Kier alpha value is -0.570. The maximum Gasteiger partial charge on any atom is 0.0494 e. The quantitative estimate of drug-likeness (QED) is 0.806. The highest BCUT2D eigenvalue weighted by Crippen LogP contribution is 2.50. The summed E-state index contributed by atoms with van der Waals surface area (Å²) in [6, 6.07) is 8.51. The first-order chi connectivity index (χ1) is 7.76. The Morgan fingerprint density at radius 3 is 2.82 bits per heavy atom. The maximum absolute atomic E-state index is 9.55. The molecule has 2 nitrogen and oxygen atoms in total. The number of nitrogens with two attached hydrogens (primary N) is 1. The predicted molar refractivity (Wildman–Crippen MR) is 71.2 cm³/mol. The van der Waals surface area contributed by atoms with Gasteiger partial charge in [0.1, 0.15) is 0 Å². The summed E-state index contributed by atoms with van der Waals surface area (Å²) >= 11 is 0. The average Bonchev–Trinajstić information content (AvgIpc) is 2.62. The van der Waals surface area contributed by atoms with Crippen molar-refractivity contribution >= 4 is 12.4 Å². The van der Waals surface area contributed by atoms with Crippen LogP contribution in [0.15, 0.2) is 24.3 Å². The van der Waals surface area contributed by atoms with Crippen molar-refractivity contribution in [3.63, 3.8) is 0 Å². The van der Waals surface area contributed by atoms with Crippen molar-refractivity contribution in [1.82, 2.24) is 0 Å². The fourth-order valence-corrected chi connectivity index (χ4v) is 3.76. The number of hydrogen-bond donors (Lipinski definition) is 2. The van der Waals surface area contributed by atoms with E-state index in [-0.39, 0.29) is 30.5 Å². The van der Waals surface area contributed by atoms with Gasteiger partial charge in [0.05, 0.1) is 0 Å². The molecule has 0 bridgehead atoms. The van der Waals surface area contributed by atoms with E-state index in [4.69, 9.17) is 5.73 Å². The number of aliphatic hydroxyl groups excluding tert-OH is 1. The first-order valence-corrected chi connectivity index (χ1v) is 6.25. The van der Waals surface area contributed by atoms with Crippen LogP contribution in [0.25, 0.3) is 0 Å². The largest absolute Gasteiger partial charge is 0.396 e. The molecule has 0 aromatic heterocycles. The van der Waals surface area contributed by atoms with Crippen molar-refractivity contribution in [2.24, 2.45) is 17.6 Å². The molecule has 2 aliphatic rings. The summed E-state index contributed by atoms with van der Waals surface area (Å²) in [5, 5.41) is 9.55. The van der Waals surface area contributed by atoms with Crippen molar-refractivity contribution < 1.29 is 5.11 Å². The van der Waals surface area contributed by atoms with E-state index in [1.807, 2.05) is 0 Å². The van der Waals surface area contributed by atoms with Crippen LogP contribution in [0, 0.1) is 11.8 Å². The van der Waals surface area contributed by atoms with E-state index in [0.29, 0.717) is 5.92 Å². The van der Waals surface area contributed by atoms with Crippen molar-refractivity contribution in [3.8, 4) is 0 Å². The summed E-state index contributed by atoms with van der Waals surface area (Å²) in [5.74, 6) is 0.783. The Morgan fingerprint density at radius 2 is 2.06 bits per heavy atom. The summed E-state index contributed by atoms with van der Waals surface area (Å²) in [4.78, 5) is 0. The van der Waals surface area contributed by atoms with Crippen molar-refractivity contribution in [2.75, 3.05) is 6.61 Å². The third kappa shape index (κ3) is 1.70. The lowest BCUT2D eigenvalue weighted by Gasteiger charge is -2.43. The third-order valence-electron chi connectivity index (χ3n) is 4.63. The van der Waals surface area contributed by atoms with E-state index < -0.39 is 0 Å². The lowest BCUT2D eigenvalue weighted by atomic mass is 9.66. The van der Waals surface area contributed by atoms with Crippen LogP contribution in [0.3, 0.4) is 0 Å². The van der Waals surface area contributed by atoms with Crippen LogP contribution in [0.5, 0.6) is 0 Å². The standard InChI is InChI=1S/C14H19NO.ClH/c15-14-11(5-3-6-12(14)9-16)8-10-4-1-2-7-13(10)14;/h1-2,4,7,11-12,16H,3,5-6,8-9,15H2;1H. The average molecular weight is 254 g/mol. The Kier molecular flexibility index (Phi) is 3.48. The molecule has 1 fully saturated rings. The number of aliphatic hydroxyl groups is 1. The molecule has 0 spiro atoms. The van der Waals surface area contributed by atoms with Gasteiger partial charge in [0, 0.05) is 18.1 Å². The molecule has 3 N–H and O–H groups in total. The Labute approximate surface area is 109 Å². The van der Waals surface area contributed by atoms with E-state index in [0.717, 1.165) is 12.8 Å². The van der Waals surface area contributed by atoms with E-state index >= 15 is 0 Å². The second-order valence-electron chi connectivity index (χ2n) is 5.30. The van der Waals surface area contributed by atoms with Crippen LogP contribution in [0.2, 0.25) is 0 Å². The number of fused-ring (bicyclic) bond motifs is 3. The zero-order valence-electron chi connectivity index (χ0n) is 9.93. The van der Waals surface area contributed by atoms with Crippen molar-refractivity contribution in [1.29, 1.82) is 0 Å². The van der Waals surface area contributed by atoms with E-state index in [2.05, 4.69) is 24.3 Å². The summed E-state index contributed by atoms with van der Waals surface area (Å²) in [7, 11) is 0. The van der Waals surface area contributed by atoms with E-state index in [9.17, 15) is 5.11 Å². The SMILES string of the molecule is Cl.NC12c3ccccc3CC1CCCC2CO. The summed E-state index contributed by atoms with van der Waals surface area (Å²) < 4.78 is 0. The molecule has 3 rings (SSSR count). The van der Waals surface area contributed by atoms with Crippen molar-refractivity contribution in [2.45, 2.75) is 31.2 Å². The molecule has 0 saturated heterocycles. The molecule has 0 amide bonds. The number of halogens is 1. The maximum atomic E-state index is 9.55. The van der Waals surface area contributed by atoms with Crippen LogP contribution in [0.4, 0.5) is 0 Å². The Bertz CT molecular complexity index is 401. The molecule has 94 valence electrons. The number of hydrogen-bond acceptors (Lipinski definition) is 2. The molecule has 3 atom stereocenters. The lowest BCUT2D eigenvalue weighted by Crippen LogP contribution is -2.51. The van der Waals surface area contributed by atoms with Gasteiger partial charge in [0.15, 0.2) is 0 Å². The van der Waals surface area contributed by atoms with Gasteiger partial charge in [-0.1, -0.05) is 30.7 Å². The van der Waals surface area contributed by atoms with Crippen LogP contribution < -0.4 is 5.73 Å². The molecule has 2 aliphatic carbocycles. The second-order valence-corrected chi connectivity index (χ2v) is 5.30.